The third-order valence-corrected chi connectivity index (χ3v) is 6.56. The fourth-order valence-electron chi connectivity index (χ4n) is 4.51. The molecule has 176 valence electrons. The van der Waals surface area contributed by atoms with Crippen LogP contribution < -0.4 is 20.9 Å². The van der Waals surface area contributed by atoms with Crippen molar-refractivity contribution in [3.8, 4) is 5.75 Å². The summed E-state index contributed by atoms with van der Waals surface area (Å²) >= 11 is 0. The Morgan fingerprint density at radius 2 is 1.94 bits per heavy atom. The van der Waals surface area contributed by atoms with Crippen LogP contribution in [0.15, 0.2) is 30.5 Å². The van der Waals surface area contributed by atoms with E-state index in [9.17, 15) is 9.59 Å². The minimum absolute atomic E-state index is 0.0145. The molecule has 9 heteroatoms. The van der Waals surface area contributed by atoms with E-state index in [2.05, 4.69) is 26.1 Å². The molecule has 2 aliphatic heterocycles. The number of amides is 2. The number of anilines is 1. The summed E-state index contributed by atoms with van der Waals surface area (Å²) < 4.78 is 5.17. The number of benzene rings is 1. The van der Waals surface area contributed by atoms with Crippen molar-refractivity contribution in [1.82, 2.24) is 25.7 Å². The molecule has 3 N–H and O–H groups in total. The molecule has 1 aromatic heterocycles. The van der Waals surface area contributed by atoms with Crippen molar-refractivity contribution in [2.24, 2.45) is 11.8 Å². The molecule has 0 bridgehead atoms. The third kappa shape index (κ3) is 5.48. The van der Waals surface area contributed by atoms with Crippen molar-refractivity contribution in [2.75, 3.05) is 32.1 Å². The number of nitrogens with zero attached hydrogens (tertiary/aromatic N) is 3. The number of hydrazine groups is 1. The molecule has 2 atom stereocenters. The number of hydrogen-bond donors (Lipinski definition) is 3. The topological polar surface area (TPSA) is 108 Å². The number of aromatic nitrogens is 2. The van der Waals surface area contributed by atoms with Crippen LogP contribution in [-0.2, 0) is 11.2 Å². The number of piperidine rings is 1. The molecule has 0 radical (unpaired) electrons. The van der Waals surface area contributed by atoms with E-state index in [0.717, 1.165) is 37.4 Å². The van der Waals surface area contributed by atoms with Crippen LogP contribution in [0.5, 0.6) is 5.75 Å². The number of carbonyl (C=O) groups excluding carboxylic acids is 2. The summed E-state index contributed by atoms with van der Waals surface area (Å²) in [6.07, 6.45) is 4.10. The van der Waals surface area contributed by atoms with Gasteiger partial charge in [-0.2, -0.15) is 0 Å². The van der Waals surface area contributed by atoms with Crippen LogP contribution in [0, 0.1) is 18.8 Å². The number of likely N-dealkylation sites (tertiary alicyclic amines) is 1. The van der Waals surface area contributed by atoms with Crippen LogP contribution >= 0.6 is 0 Å². The largest absolute Gasteiger partial charge is 0.497 e. The maximum atomic E-state index is 13.0. The first kappa shape index (κ1) is 23.1. The molecule has 0 spiro atoms. The van der Waals surface area contributed by atoms with Crippen LogP contribution in [0.1, 0.15) is 41.6 Å². The van der Waals surface area contributed by atoms with Gasteiger partial charge in [-0.05, 0) is 63.3 Å². The second-order valence-corrected chi connectivity index (χ2v) is 8.85. The zero-order valence-electron chi connectivity index (χ0n) is 19.4. The summed E-state index contributed by atoms with van der Waals surface area (Å²) in [6.45, 7) is 6.02. The van der Waals surface area contributed by atoms with Gasteiger partial charge in [-0.25, -0.2) is 9.97 Å². The molecule has 33 heavy (non-hydrogen) atoms. The Bertz CT molecular complexity index is 988. The Balaban J connectivity index is 1.38. The summed E-state index contributed by atoms with van der Waals surface area (Å²) in [5, 5.41) is 2.92. The number of nitrogens with one attached hydrogen (secondary N) is 3. The summed E-state index contributed by atoms with van der Waals surface area (Å²) in [7, 11) is 1.60. The fourth-order valence-corrected chi connectivity index (χ4v) is 4.51. The average Bonchev–Trinajstić information content (AvgIpc) is 3.25. The molecule has 0 aliphatic carbocycles. The van der Waals surface area contributed by atoms with Gasteiger partial charge in [0.15, 0.2) is 0 Å². The maximum Gasteiger partial charge on any atom is 0.259 e. The number of hydrogen-bond acceptors (Lipinski definition) is 7. The summed E-state index contributed by atoms with van der Waals surface area (Å²) in [6, 6.07) is 7.35. The van der Waals surface area contributed by atoms with Crippen LogP contribution in [0.4, 0.5) is 5.69 Å². The molecule has 2 saturated heterocycles. The van der Waals surface area contributed by atoms with Crippen molar-refractivity contribution in [1.29, 1.82) is 0 Å². The van der Waals surface area contributed by atoms with E-state index in [1.165, 1.54) is 0 Å². The molecule has 0 saturated carbocycles. The Morgan fingerprint density at radius 3 is 2.58 bits per heavy atom. The highest BCUT2D eigenvalue weighted by Crippen LogP contribution is 2.25. The lowest BCUT2D eigenvalue weighted by atomic mass is 9.89. The minimum atomic E-state index is -0.224. The van der Waals surface area contributed by atoms with Crippen LogP contribution in [0.3, 0.4) is 0 Å². The van der Waals surface area contributed by atoms with E-state index in [-0.39, 0.29) is 23.8 Å². The summed E-state index contributed by atoms with van der Waals surface area (Å²) in [5.74, 6) is 1.72. The first-order valence-corrected chi connectivity index (χ1v) is 11.5. The maximum absolute atomic E-state index is 13.0. The SMILES string of the molecule is COc1ccc(NC(=O)c2cnc(C)nc2CC2CCN(C(=O)C3CNNC3C)CC2)cc1. The van der Waals surface area contributed by atoms with Crippen molar-refractivity contribution >= 4 is 17.5 Å². The molecule has 1 aromatic carbocycles. The van der Waals surface area contributed by atoms with Gasteiger partial charge in [0, 0.05) is 37.6 Å². The minimum Gasteiger partial charge on any atom is -0.497 e. The second-order valence-electron chi connectivity index (χ2n) is 8.85. The molecule has 2 aliphatic rings. The second kappa shape index (κ2) is 10.3. The summed E-state index contributed by atoms with van der Waals surface area (Å²) in [5.41, 5.74) is 8.13. The van der Waals surface area contributed by atoms with Crippen molar-refractivity contribution in [2.45, 2.75) is 39.2 Å². The number of methoxy groups -OCH3 is 1. The van der Waals surface area contributed by atoms with E-state index in [1.807, 2.05) is 18.7 Å². The lowest BCUT2D eigenvalue weighted by molar-refractivity contribution is -0.136. The molecule has 4 rings (SSSR count). The van der Waals surface area contributed by atoms with Gasteiger partial charge >= 0.3 is 0 Å². The Morgan fingerprint density at radius 1 is 1.21 bits per heavy atom. The smallest absolute Gasteiger partial charge is 0.259 e. The monoisotopic (exact) mass is 452 g/mol. The number of aryl methyl sites for hydroxylation is 1. The number of rotatable bonds is 6. The van der Waals surface area contributed by atoms with Crippen molar-refractivity contribution in [3.05, 3.63) is 47.5 Å². The molecule has 2 aromatic rings. The standard InChI is InChI=1S/C24H32N6O3/c1-15-20(14-26-29-15)24(32)30-10-8-17(9-11-30)12-22-21(13-25-16(2)27-22)23(31)28-18-4-6-19(33-3)7-5-18/h4-7,13,15,17,20,26,29H,8-12,14H2,1-3H3,(H,28,31). The molecule has 9 nitrogen and oxygen atoms in total. The van der Waals surface area contributed by atoms with E-state index in [4.69, 9.17) is 4.74 Å². The van der Waals surface area contributed by atoms with Gasteiger partial charge in [-0.3, -0.25) is 20.4 Å². The van der Waals surface area contributed by atoms with Gasteiger partial charge in [-0.15, -0.1) is 0 Å². The predicted molar refractivity (Wildman–Crippen MR) is 125 cm³/mol. The van der Waals surface area contributed by atoms with E-state index < -0.39 is 0 Å². The molecular weight excluding hydrogens is 420 g/mol. The van der Waals surface area contributed by atoms with E-state index in [0.29, 0.717) is 36.0 Å². The molecule has 2 fully saturated rings. The van der Waals surface area contributed by atoms with Crippen LogP contribution in [-0.4, -0.2) is 59.5 Å². The van der Waals surface area contributed by atoms with Crippen molar-refractivity contribution < 1.29 is 14.3 Å². The first-order chi connectivity index (χ1) is 15.9. The average molecular weight is 453 g/mol. The highest BCUT2D eigenvalue weighted by Gasteiger charge is 2.34. The lowest BCUT2D eigenvalue weighted by Crippen LogP contribution is -2.45. The molecular formula is C24H32N6O3. The Labute approximate surface area is 194 Å². The highest BCUT2D eigenvalue weighted by atomic mass is 16.5. The first-order valence-electron chi connectivity index (χ1n) is 11.5. The number of ether oxygens (including phenoxy) is 1. The molecule has 2 amide bonds. The Hall–Kier alpha value is -3.04. The lowest BCUT2D eigenvalue weighted by Gasteiger charge is -2.34. The summed E-state index contributed by atoms with van der Waals surface area (Å²) in [4.78, 5) is 36.6. The van der Waals surface area contributed by atoms with E-state index in [1.54, 1.807) is 37.6 Å². The molecule has 3 heterocycles. The van der Waals surface area contributed by atoms with Gasteiger partial charge in [0.1, 0.15) is 11.6 Å². The van der Waals surface area contributed by atoms with Crippen LogP contribution in [0.25, 0.3) is 0 Å². The fraction of sp³-hybridized carbons (Fsp3) is 0.500. The Kier molecular flexibility index (Phi) is 7.20. The quantitative estimate of drug-likeness (QED) is 0.615. The molecule has 2 unspecified atom stereocenters. The van der Waals surface area contributed by atoms with Crippen molar-refractivity contribution in [3.63, 3.8) is 0 Å². The van der Waals surface area contributed by atoms with E-state index >= 15 is 0 Å². The van der Waals surface area contributed by atoms with Gasteiger partial charge in [0.05, 0.1) is 24.3 Å². The van der Waals surface area contributed by atoms with Gasteiger partial charge in [0.25, 0.3) is 5.91 Å². The predicted octanol–water partition coefficient (Wildman–Crippen LogP) is 1.94. The third-order valence-electron chi connectivity index (χ3n) is 6.56. The van der Waals surface area contributed by atoms with Gasteiger partial charge < -0.3 is 15.0 Å². The highest BCUT2D eigenvalue weighted by molar-refractivity contribution is 6.04. The van der Waals surface area contributed by atoms with Gasteiger partial charge in [-0.1, -0.05) is 0 Å². The number of carbonyl (C=O) groups is 2. The van der Waals surface area contributed by atoms with Crippen LogP contribution in [0.2, 0.25) is 0 Å². The zero-order valence-corrected chi connectivity index (χ0v) is 19.4. The van der Waals surface area contributed by atoms with Gasteiger partial charge in [0.2, 0.25) is 5.91 Å². The zero-order chi connectivity index (χ0) is 23.4. The normalized spacial score (nSPS) is 21.1.